The SMILES string of the molecule is c1ccc(N(c2ccccc2)c2cc(-c3cc4[nH]c5ccccc5c4c4ccccc34)c3ccccc3c2)cc1. The Balaban J connectivity index is 1.46. The van der Waals surface area contributed by atoms with Crippen molar-refractivity contribution in [3.63, 3.8) is 0 Å². The summed E-state index contributed by atoms with van der Waals surface area (Å²) in [4.78, 5) is 6.05. The minimum absolute atomic E-state index is 1.13. The van der Waals surface area contributed by atoms with Crippen LogP contribution >= 0.6 is 0 Å². The number of rotatable bonds is 4. The van der Waals surface area contributed by atoms with Gasteiger partial charge in [0.25, 0.3) is 0 Å². The van der Waals surface area contributed by atoms with Crippen molar-refractivity contribution in [2.45, 2.75) is 0 Å². The van der Waals surface area contributed by atoms with E-state index in [0.29, 0.717) is 0 Å². The number of hydrogen-bond acceptors (Lipinski definition) is 1. The Morgan fingerprint density at radius 3 is 1.65 bits per heavy atom. The van der Waals surface area contributed by atoms with Crippen LogP contribution in [-0.2, 0) is 0 Å². The van der Waals surface area contributed by atoms with Crippen LogP contribution in [0.15, 0.2) is 152 Å². The molecule has 2 nitrogen and oxygen atoms in total. The van der Waals surface area contributed by atoms with Gasteiger partial charge in [0.15, 0.2) is 0 Å². The standard InChI is InChI=1S/C38H26N2/c1-3-14-27(15-4-1)40(28-16-5-2-6-17-28)29-23-26-13-7-8-18-30(26)34(24-29)35-25-37-38(32-20-10-9-19-31(32)35)33-21-11-12-22-36(33)39-37/h1-25,39H. The molecule has 2 heteroatoms. The summed E-state index contributed by atoms with van der Waals surface area (Å²) < 4.78 is 0. The number of aromatic amines is 1. The van der Waals surface area contributed by atoms with Crippen LogP contribution in [0.4, 0.5) is 17.1 Å². The number of aromatic nitrogens is 1. The third kappa shape index (κ3) is 3.58. The molecule has 0 aliphatic heterocycles. The summed E-state index contributed by atoms with van der Waals surface area (Å²) in [6.07, 6.45) is 0. The van der Waals surface area contributed by atoms with E-state index in [1.807, 2.05) is 0 Å². The highest BCUT2D eigenvalue weighted by Gasteiger charge is 2.18. The van der Waals surface area contributed by atoms with E-state index in [9.17, 15) is 0 Å². The molecule has 8 aromatic rings. The number of para-hydroxylation sites is 3. The highest BCUT2D eigenvalue weighted by Crippen LogP contribution is 2.44. The molecule has 0 spiro atoms. The Labute approximate surface area is 232 Å². The first-order valence-corrected chi connectivity index (χ1v) is 13.7. The maximum Gasteiger partial charge on any atom is 0.0477 e. The van der Waals surface area contributed by atoms with Crippen molar-refractivity contribution in [2.24, 2.45) is 0 Å². The highest BCUT2D eigenvalue weighted by atomic mass is 15.1. The van der Waals surface area contributed by atoms with Gasteiger partial charge in [-0.15, -0.1) is 0 Å². The number of nitrogens with zero attached hydrogens (tertiary/aromatic N) is 1. The van der Waals surface area contributed by atoms with Crippen molar-refractivity contribution in [3.8, 4) is 11.1 Å². The summed E-state index contributed by atoms with van der Waals surface area (Å²) in [6, 6.07) is 54.4. The van der Waals surface area contributed by atoms with Gasteiger partial charge in [-0.3, -0.25) is 0 Å². The second kappa shape index (κ2) is 9.14. The van der Waals surface area contributed by atoms with Crippen LogP contribution in [0.5, 0.6) is 0 Å². The molecule has 0 saturated carbocycles. The van der Waals surface area contributed by atoms with Gasteiger partial charge in [-0.2, -0.15) is 0 Å². The zero-order valence-corrected chi connectivity index (χ0v) is 21.9. The lowest BCUT2D eigenvalue weighted by atomic mass is 9.91. The lowest BCUT2D eigenvalue weighted by Crippen LogP contribution is -2.10. The van der Waals surface area contributed by atoms with E-state index in [1.54, 1.807) is 0 Å². The van der Waals surface area contributed by atoms with E-state index in [1.165, 1.54) is 43.4 Å². The maximum absolute atomic E-state index is 3.71. The molecule has 0 aliphatic rings. The van der Waals surface area contributed by atoms with Gasteiger partial charge in [-0.1, -0.05) is 103 Å². The molecule has 8 rings (SSSR count). The van der Waals surface area contributed by atoms with Crippen LogP contribution in [-0.4, -0.2) is 4.98 Å². The third-order valence-electron chi connectivity index (χ3n) is 7.93. The van der Waals surface area contributed by atoms with Crippen molar-refractivity contribution >= 4 is 60.4 Å². The van der Waals surface area contributed by atoms with Crippen LogP contribution in [0.3, 0.4) is 0 Å². The van der Waals surface area contributed by atoms with Gasteiger partial charge in [0.1, 0.15) is 0 Å². The molecule has 0 fully saturated rings. The average molecular weight is 511 g/mol. The topological polar surface area (TPSA) is 19.0 Å². The Hall–Kier alpha value is -5.34. The molecule has 1 N–H and O–H groups in total. The van der Waals surface area contributed by atoms with Crippen molar-refractivity contribution in [1.82, 2.24) is 4.98 Å². The van der Waals surface area contributed by atoms with Gasteiger partial charge in [0, 0.05) is 38.9 Å². The lowest BCUT2D eigenvalue weighted by molar-refractivity contribution is 1.29. The first kappa shape index (κ1) is 22.6. The Morgan fingerprint density at radius 2 is 0.925 bits per heavy atom. The summed E-state index contributed by atoms with van der Waals surface area (Å²) in [5.74, 6) is 0. The van der Waals surface area contributed by atoms with Gasteiger partial charge in [-0.25, -0.2) is 0 Å². The van der Waals surface area contributed by atoms with Gasteiger partial charge in [0.05, 0.1) is 0 Å². The second-order valence-corrected chi connectivity index (χ2v) is 10.3. The summed E-state index contributed by atoms with van der Waals surface area (Å²) in [6.45, 7) is 0. The van der Waals surface area contributed by atoms with Crippen LogP contribution in [0.2, 0.25) is 0 Å². The molecule has 0 aliphatic carbocycles. The quantitative estimate of drug-likeness (QED) is 0.249. The summed E-state index contributed by atoms with van der Waals surface area (Å²) in [7, 11) is 0. The van der Waals surface area contributed by atoms with E-state index < -0.39 is 0 Å². The molecular formula is C38H26N2. The van der Waals surface area contributed by atoms with E-state index in [-0.39, 0.29) is 0 Å². The monoisotopic (exact) mass is 510 g/mol. The van der Waals surface area contributed by atoms with Gasteiger partial charge in [0.2, 0.25) is 0 Å². The smallest absolute Gasteiger partial charge is 0.0477 e. The average Bonchev–Trinajstić information content (AvgIpc) is 3.40. The molecular weight excluding hydrogens is 484 g/mol. The van der Waals surface area contributed by atoms with Crippen LogP contribution in [0, 0.1) is 0 Å². The van der Waals surface area contributed by atoms with Crippen molar-refractivity contribution < 1.29 is 0 Å². The fourth-order valence-corrected chi connectivity index (χ4v) is 6.19. The number of benzene rings is 7. The van der Waals surface area contributed by atoms with E-state index in [4.69, 9.17) is 0 Å². The minimum atomic E-state index is 1.13. The Morgan fingerprint density at radius 1 is 0.375 bits per heavy atom. The van der Waals surface area contributed by atoms with Crippen molar-refractivity contribution in [3.05, 3.63) is 152 Å². The molecule has 0 radical (unpaired) electrons. The van der Waals surface area contributed by atoms with E-state index in [2.05, 4.69) is 162 Å². The van der Waals surface area contributed by atoms with Gasteiger partial charge >= 0.3 is 0 Å². The lowest BCUT2D eigenvalue weighted by Gasteiger charge is -2.27. The fourth-order valence-electron chi connectivity index (χ4n) is 6.19. The molecule has 0 unspecified atom stereocenters. The van der Waals surface area contributed by atoms with Crippen molar-refractivity contribution in [2.75, 3.05) is 4.90 Å². The summed E-state index contributed by atoms with van der Waals surface area (Å²) >= 11 is 0. The second-order valence-electron chi connectivity index (χ2n) is 10.3. The maximum atomic E-state index is 3.71. The molecule has 40 heavy (non-hydrogen) atoms. The number of fused-ring (bicyclic) bond motifs is 6. The fraction of sp³-hybridized carbons (Fsp3) is 0. The Bertz CT molecular complexity index is 2120. The molecule has 1 heterocycles. The van der Waals surface area contributed by atoms with Crippen molar-refractivity contribution in [1.29, 1.82) is 0 Å². The number of hydrogen-bond donors (Lipinski definition) is 1. The highest BCUT2D eigenvalue weighted by molar-refractivity contribution is 6.24. The predicted molar refractivity (Wildman–Crippen MR) is 171 cm³/mol. The van der Waals surface area contributed by atoms with Crippen LogP contribution in [0.1, 0.15) is 0 Å². The Kier molecular flexibility index (Phi) is 5.17. The summed E-state index contributed by atoms with van der Waals surface area (Å²) in [5, 5.41) is 7.53. The number of anilines is 3. The predicted octanol–water partition coefficient (Wildman–Crippen LogP) is 10.8. The normalized spacial score (nSPS) is 11.5. The van der Waals surface area contributed by atoms with Gasteiger partial charge in [-0.05, 0) is 81.2 Å². The molecule has 0 amide bonds. The first-order valence-electron chi connectivity index (χ1n) is 13.7. The number of nitrogens with one attached hydrogen (secondary N) is 1. The zero-order chi connectivity index (χ0) is 26.5. The molecule has 1 aromatic heterocycles. The molecule has 0 saturated heterocycles. The van der Waals surface area contributed by atoms with Gasteiger partial charge < -0.3 is 9.88 Å². The minimum Gasteiger partial charge on any atom is -0.354 e. The molecule has 0 bridgehead atoms. The number of H-pyrrole nitrogens is 1. The van der Waals surface area contributed by atoms with E-state index in [0.717, 1.165) is 28.1 Å². The van der Waals surface area contributed by atoms with Crippen LogP contribution in [0.25, 0.3) is 54.5 Å². The largest absolute Gasteiger partial charge is 0.354 e. The molecule has 188 valence electrons. The first-order chi connectivity index (χ1) is 19.8. The van der Waals surface area contributed by atoms with Crippen LogP contribution < -0.4 is 4.90 Å². The molecule has 7 aromatic carbocycles. The third-order valence-corrected chi connectivity index (χ3v) is 7.93. The summed E-state index contributed by atoms with van der Waals surface area (Å²) in [5.41, 5.74) is 8.17. The molecule has 0 atom stereocenters. The zero-order valence-electron chi connectivity index (χ0n) is 21.9. The van der Waals surface area contributed by atoms with E-state index >= 15 is 0 Å².